The van der Waals surface area contributed by atoms with Gasteiger partial charge in [0.15, 0.2) is 0 Å². The molecule has 1 unspecified atom stereocenters. The summed E-state index contributed by atoms with van der Waals surface area (Å²) in [4.78, 5) is 2.28. The van der Waals surface area contributed by atoms with Crippen LogP contribution in [-0.2, 0) is 6.42 Å². The number of benzene rings is 1. The molecule has 0 fully saturated rings. The highest BCUT2D eigenvalue weighted by molar-refractivity contribution is 9.10. The van der Waals surface area contributed by atoms with Gasteiger partial charge in [-0.25, -0.2) is 0 Å². The van der Waals surface area contributed by atoms with Crippen molar-refractivity contribution in [2.75, 3.05) is 18.5 Å². The molecule has 0 aliphatic rings. The Morgan fingerprint density at radius 3 is 2.41 bits per heavy atom. The summed E-state index contributed by atoms with van der Waals surface area (Å²) in [5.41, 5.74) is 8.35. The zero-order chi connectivity index (χ0) is 13.0. The quantitative estimate of drug-likeness (QED) is 0.902. The SMILES string of the molecule is CC(C)CN(C)c1ccc(CC(C)N)c(Br)c1. The minimum absolute atomic E-state index is 0.200. The number of nitrogens with zero attached hydrogens (tertiary/aromatic N) is 1. The molecule has 17 heavy (non-hydrogen) atoms. The van der Waals surface area contributed by atoms with E-state index < -0.39 is 0 Å². The van der Waals surface area contributed by atoms with Crippen LogP contribution < -0.4 is 10.6 Å². The van der Waals surface area contributed by atoms with Gasteiger partial charge < -0.3 is 10.6 Å². The first-order valence-corrected chi connectivity index (χ1v) is 6.94. The van der Waals surface area contributed by atoms with Gasteiger partial charge in [-0.1, -0.05) is 35.8 Å². The predicted octanol–water partition coefficient (Wildman–Crippen LogP) is 3.43. The maximum Gasteiger partial charge on any atom is 0.0375 e. The van der Waals surface area contributed by atoms with Crippen LogP contribution in [0.15, 0.2) is 22.7 Å². The van der Waals surface area contributed by atoms with Crippen LogP contribution in [0.3, 0.4) is 0 Å². The van der Waals surface area contributed by atoms with Crippen LogP contribution in [0.1, 0.15) is 26.3 Å². The number of rotatable bonds is 5. The molecule has 96 valence electrons. The maximum atomic E-state index is 5.83. The van der Waals surface area contributed by atoms with E-state index in [1.807, 2.05) is 6.92 Å². The Morgan fingerprint density at radius 1 is 1.29 bits per heavy atom. The van der Waals surface area contributed by atoms with E-state index in [9.17, 15) is 0 Å². The summed E-state index contributed by atoms with van der Waals surface area (Å²) < 4.78 is 1.16. The Bertz CT molecular complexity index is 361. The van der Waals surface area contributed by atoms with Crippen molar-refractivity contribution in [3.05, 3.63) is 28.2 Å². The molecule has 0 radical (unpaired) electrons. The van der Waals surface area contributed by atoms with E-state index in [-0.39, 0.29) is 6.04 Å². The molecule has 0 spiro atoms. The Balaban J connectivity index is 2.81. The van der Waals surface area contributed by atoms with Crippen LogP contribution in [0.2, 0.25) is 0 Å². The van der Waals surface area contributed by atoms with Gasteiger partial charge >= 0.3 is 0 Å². The summed E-state index contributed by atoms with van der Waals surface area (Å²) in [6.07, 6.45) is 0.911. The topological polar surface area (TPSA) is 29.3 Å². The number of hydrogen-bond donors (Lipinski definition) is 1. The van der Waals surface area contributed by atoms with Crippen molar-refractivity contribution in [1.29, 1.82) is 0 Å². The van der Waals surface area contributed by atoms with Gasteiger partial charge in [-0.2, -0.15) is 0 Å². The zero-order valence-electron chi connectivity index (χ0n) is 11.2. The van der Waals surface area contributed by atoms with Crippen molar-refractivity contribution in [1.82, 2.24) is 0 Å². The second kappa shape index (κ2) is 6.41. The fourth-order valence-corrected chi connectivity index (χ4v) is 2.47. The normalized spacial score (nSPS) is 12.9. The Morgan fingerprint density at radius 2 is 1.94 bits per heavy atom. The van der Waals surface area contributed by atoms with Crippen molar-refractivity contribution in [2.45, 2.75) is 33.2 Å². The molecule has 0 amide bonds. The lowest BCUT2D eigenvalue weighted by Gasteiger charge is -2.22. The molecule has 0 heterocycles. The second-order valence-electron chi connectivity index (χ2n) is 5.23. The van der Waals surface area contributed by atoms with Crippen LogP contribution in [-0.4, -0.2) is 19.6 Å². The summed E-state index contributed by atoms with van der Waals surface area (Å²) in [5.74, 6) is 0.669. The maximum absolute atomic E-state index is 5.83. The molecular formula is C14H23BrN2. The Hall–Kier alpha value is -0.540. The number of anilines is 1. The molecule has 3 heteroatoms. The lowest BCUT2D eigenvalue weighted by Crippen LogP contribution is -2.22. The van der Waals surface area contributed by atoms with Crippen molar-refractivity contribution >= 4 is 21.6 Å². The average molecular weight is 299 g/mol. The third kappa shape index (κ3) is 4.68. The van der Waals surface area contributed by atoms with Crippen LogP contribution in [0.25, 0.3) is 0 Å². The summed E-state index contributed by atoms with van der Waals surface area (Å²) in [5, 5.41) is 0. The molecule has 0 aliphatic carbocycles. The molecule has 0 bridgehead atoms. The smallest absolute Gasteiger partial charge is 0.0375 e. The lowest BCUT2D eigenvalue weighted by atomic mass is 10.1. The van der Waals surface area contributed by atoms with Crippen molar-refractivity contribution < 1.29 is 0 Å². The third-order valence-electron chi connectivity index (χ3n) is 2.66. The van der Waals surface area contributed by atoms with Crippen LogP contribution in [0, 0.1) is 5.92 Å². The molecule has 1 aromatic carbocycles. The summed E-state index contributed by atoms with van der Waals surface area (Å²) in [6, 6.07) is 6.72. The molecule has 2 N–H and O–H groups in total. The van der Waals surface area contributed by atoms with Crippen LogP contribution in [0.5, 0.6) is 0 Å². The highest BCUT2D eigenvalue weighted by atomic mass is 79.9. The standard InChI is InChI=1S/C14H23BrN2/c1-10(2)9-17(4)13-6-5-12(7-11(3)16)14(15)8-13/h5-6,8,10-11H,7,9,16H2,1-4H3. The molecule has 1 aromatic rings. The highest BCUT2D eigenvalue weighted by Crippen LogP contribution is 2.24. The highest BCUT2D eigenvalue weighted by Gasteiger charge is 2.07. The third-order valence-corrected chi connectivity index (χ3v) is 3.40. The molecule has 2 nitrogen and oxygen atoms in total. The zero-order valence-corrected chi connectivity index (χ0v) is 12.8. The van der Waals surface area contributed by atoms with E-state index in [4.69, 9.17) is 5.73 Å². The molecule has 0 saturated heterocycles. The van der Waals surface area contributed by atoms with Gasteiger partial charge in [0.2, 0.25) is 0 Å². The van der Waals surface area contributed by atoms with E-state index in [1.165, 1.54) is 11.3 Å². The fraction of sp³-hybridized carbons (Fsp3) is 0.571. The summed E-state index contributed by atoms with van der Waals surface area (Å²) in [6.45, 7) is 7.57. The Kier molecular flexibility index (Phi) is 5.47. The minimum atomic E-state index is 0.200. The first-order valence-electron chi connectivity index (χ1n) is 6.15. The van der Waals surface area contributed by atoms with E-state index in [0.717, 1.165) is 17.4 Å². The molecule has 0 aliphatic heterocycles. The molecule has 1 rings (SSSR count). The molecule has 0 saturated carbocycles. The number of halogens is 1. The van der Waals surface area contributed by atoms with Gasteiger partial charge in [0.25, 0.3) is 0 Å². The second-order valence-corrected chi connectivity index (χ2v) is 6.09. The van der Waals surface area contributed by atoms with Crippen LogP contribution in [0.4, 0.5) is 5.69 Å². The van der Waals surface area contributed by atoms with Gasteiger partial charge in [0, 0.05) is 29.8 Å². The predicted molar refractivity (Wildman–Crippen MR) is 79.6 cm³/mol. The first kappa shape index (κ1) is 14.5. The molecular weight excluding hydrogens is 276 g/mol. The van der Waals surface area contributed by atoms with Crippen LogP contribution >= 0.6 is 15.9 Å². The monoisotopic (exact) mass is 298 g/mol. The van der Waals surface area contributed by atoms with E-state index in [1.54, 1.807) is 0 Å². The van der Waals surface area contributed by atoms with Gasteiger partial charge in [0.05, 0.1) is 0 Å². The average Bonchev–Trinajstić information content (AvgIpc) is 2.19. The van der Waals surface area contributed by atoms with Gasteiger partial charge in [-0.3, -0.25) is 0 Å². The largest absolute Gasteiger partial charge is 0.374 e. The van der Waals surface area contributed by atoms with Crippen molar-refractivity contribution in [3.8, 4) is 0 Å². The van der Waals surface area contributed by atoms with Crippen molar-refractivity contribution in [3.63, 3.8) is 0 Å². The van der Waals surface area contributed by atoms with E-state index >= 15 is 0 Å². The first-order chi connectivity index (χ1) is 7.90. The van der Waals surface area contributed by atoms with E-state index in [0.29, 0.717) is 5.92 Å². The molecule has 0 aromatic heterocycles. The summed E-state index contributed by atoms with van der Waals surface area (Å²) >= 11 is 3.63. The lowest BCUT2D eigenvalue weighted by molar-refractivity contribution is 0.638. The molecule has 1 atom stereocenters. The fourth-order valence-electron chi connectivity index (χ4n) is 1.94. The number of nitrogens with two attached hydrogens (primary N) is 1. The summed E-state index contributed by atoms with van der Waals surface area (Å²) in [7, 11) is 2.13. The van der Waals surface area contributed by atoms with Gasteiger partial charge in [-0.15, -0.1) is 0 Å². The van der Waals surface area contributed by atoms with E-state index in [2.05, 4.69) is 59.9 Å². The number of hydrogen-bond acceptors (Lipinski definition) is 2. The van der Waals surface area contributed by atoms with Gasteiger partial charge in [0.1, 0.15) is 0 Å². The van der Waals surface area contributed by atoms with Crippen molar-refractivity contribution in [2.24, 2.45) is 11.7 Å². The Labute approximate surface area is 113 Å². The van der Waals surface area contributed by atoms with Gasteiger partial charge in [-0.05, 0) is 37.0 Å². The minimum Gasteiger partial charge on any atom is -0.374 e.